The first-order valence-electron chi connectivity index (χ1n) is 6.40. The van der Waals surface area contributed by atoms with Crippen LogP contribution in [0.3, 0.4) is 0 Å². The number of rotatable bonds is 7. The summed E-state index contributed by atoms with van der Waals surface area (Å²) in [7, 11) is 0. The highest BCUT2D eigenvalue weighted by molar-refractivity contribution is 8.00. The molecule has 1 rings (SSSR count). The number of aromatic amines is 1. The minimum atomic E-state index is -0.205. The number of ketones is 1. The van der Waals surface area contributed by atoms with Crippen LogP contribution >= 0.6 is 11.8 Å². The molecule has 0 fully saturated rings. The predicted octanol–water partition coefficient (Wildman–Crippen LogP) is 2.89. The second kappa shape index (κ2) is 7.38. The molecule has 1 atom stereocenters. The van der Waals surface area contributed by atoms with Crippen molar-refractivity contribution < 1.29 is 14.3 Å². The van der Waals surface area contributed by atoms with Crippen molar-refractivity contribution in [2.45, 2.75) is 39.4 Å². The molecule has 5 heteroatoms. The van der Waals surface area contributed by atoms with E-state index in [-0.39, 0.29) is 17.0 Å². The Hall–Kier alpha value is -1.23. The van der Waals surface area contributed by atoms with Crippen LogP contribution in [0.5, 0.6) is 0 Å². The summed E-state index contributed by atoms with van der Waals surface area (Å²) in [4.78, 5) is 26.5. The Balaban J connectivity index is 2.42. The lowest BCUT2D eigenvalue weighted by Crippen LogP contribution is -2.13. The van der Waals surface area contributed by atoms with Gasteiger partial charge in [0.15, 0.2) is 5.78 Å². The molecule has 0 aliphatic heterocycles. The Kier molecular flexibility index (Phi) is 6.15. The number of carbonyl (C=O) groups is 2. The molecule has 1 aromatic heterocycles. The van der Waals surface area contributed by atoms with E-state index in [1.165, 1.54) is 11.8 Å². The second-order valence-corrected chi connectivity index (χ2v) is 5.97. The largest absolute Gasteiger partial charge is 0.466 e. The van der Waals surface area contributed by atoms with Crippen LogP contribution in [0.4, 0.5) is 0 Å². The number of esters is 1. The van der Waals surface area contributed by atoms with Crippen molar-refractivity contribution in [3.8, 4) is 0 Å². The van der Waals surface area contributed by atoms with Crippen molar-refractivity contribution in [3.63, 3.8) is 0 Å². The number of Topliss-reactive ketones (excluding diaryl/α,β-unsaturated/α-hetero) is 1. The third kappa shape index (κ3) is 5.11. The Bertz CT molecular complexity index is 454. The minimum absolute atomic E-state index is 0.0864. The normalized spacial score (nSPS) is 12.2. The third-order valence-corrected chi connectivity index (χ3v) is 3.87. The van der Waals surface area contributed by atoms with Crippen molar-refractivity contribution >= 4 is 23.5 Å². The van der Waals surface area contributed by atoms with Gasteiger partial charge in [-0.25, -0.2) is 0 Å². The predicted molar refractivity (Wildman–Crippen MR) is 77.8 cm³/mol. The summed E-state index contributed by atoms with van der Waals surface area (Å²) in [6, 6.07) is 1.87. The van der Waals surface area contributed by atoms with Crippen LogP contribution in [0, 0.1) is 13.8 Å². The molecule has 0 aliphatic carbocycles. The lowest BCUT2D eigenvalue weighted by Gasteiger charge is -2.09. The molecule has 1 N–H and O–H groups in total. The van der Waals surface area contributed by atoms with E-state index < -0.39 is 0 Å². The highest BCUT2D eigenvalue weighted by Crippen LogP contribution is 2.18. The molecule has 106 valence electrons. The maximum Gasteiger partial charge on any atom is 0.306 e. The van der Waals surface area contributed by atoms with E-state index in [4.69, 9.17) is 4.74 Å². The zero-order valence-electron chi connectivity index (χ0n) is 11.9. The van der Waals surface area contributed by atoms with E-state index >= 15 is 0 Å². The SMILES string of the molecule is CCOC(=O)CC(C)SCC(=O)c1cc(C)[nH]c1C. The molecule has 0 spiro atoms. The summed E-state index contributed by atoms with van der Waals surface area (Å²) in [5.41, 5.74) is 2.64. The van der Waals surface area contributed by atoms with Gasteiger partial charge in [0.2, 0.25) is 0 Å². The molecule has 0 saturated heterocycles. The van der Waals surface area contributed by atoms with Gasteiger partial charge in [-0.1, -0.05) is 6.92 Å². The number of aryl methyl sites for hydroxylation is 2. The number of aromatic nitrogens is 1. The average molecular weight is 283 g/mol. The van der Waals surface area contributed by atoms with Crippen molar-refractivity contribution in [1.29, 1.82) is 0 Å². The summed E-state index contributed by atoms with van der Waals surface area (Å²) >= 11 is 1.49. The number of thioether (sulfide) groups is 1. The molecule has 0 saturated carbocycles. The first-order chi connectivity index (χ1) is 8.93. The highest BCUT2D eigenvalue weighted by Gasteiger charge is 2.15. The Morgan fingerprint density at radius 1 is 1.42 bits per heavy atom. The van der Waals surface area contributed by atoms with Crippen LogP contribution in [0.15, 0.2) is 6.07 Å². The standard InChI is InChI=1S/C14H21NO3S/c1-5-18-14(17)7-10(3)19-8-13(16)12-6-9(2)15-11(12)4/h6,10,15H,5,7-8H2,1-4H3. The topological polar surface area (TPSA) is 59.2 Å². The maximum absolute atomic E-state index is 12.0. The van der Waals surface area contributed by atoms with Gasteiger partial charge in [-0.3, -0.25) is 9.59 Å². The fourth-order valence-corrected chi connectivity index (χ4v) is 2.67. The summed E-state index contributed by atoms with van der Waals surface area (Å²) in [5.74, 6) is 0.282. The fourth-order valence-electron chi connectivity index (χ4n) is 1.82. The quantitative estimate of drug-likeness (QED) is 0.617. The van der Waals surface area contributed by atoms with Gasteiger partial charge in [0.25, 0.3) is 0 Å². The van der Waals surface area contributed by atoms with E-state index in [0.717, 1.165) is 17.0 Å². The summed E-state index contributed by atoms with van der Waals surface area (Å²) < 4.78 is 4.88. The molecule has 1 heterocycles. The number of carbonyl (C=O) groups excluding carboxylic acids is 2. The molecule has 1 aromatic rings. The molecule has 1 unspecified atom stereocenters. The Labute approximate surface area is 118 Å². The molecule has 4 nitrogen and oxygen atoms in total. The van der Waals surface area contributed by atoms with Crippen molar-refractivity contribution in [2.75, 3.05) is 12.4 Å². The summed E-state index contributed by atoms with van der Waals surface area (Å²) in [5, 5.41) is 0.0864. The van der Waals surface area contributed by atoms with Crippen LogP contribution in [-0.2, 0) is 9.53 Å². The lowest BCUT2D eigenvalue weighted by molar-refractivity contribution is -0.142. The second-order valence-electron chi connectivity index (χ2n) is 4.54. The van der Waals surface area contributed by atoms with E-state index in [1.807, 2.05) is 26.8 Å². The molecule has 0 amide bonds. The van der Waals surface area contributed by atoms with Crippen molar-refractivity contribution in [1.82, 2.24) is 4.98 Å². The highest BCUT2D eigenvalue weighted by atomic mass is 32.2. The smallest absolute Gasteiger partial charge is 0.306 e. The number of ether oxygens (including phenoxy) is 1. The molecule has 0 aliphatic rings. The van der Waals surface area contributed by atoms with Crippen molar-refractivity contribution in [2.24, 2.45) is 0 Å². The van der Waals surface area contributed by atoms with Gasteiger partial charge >= 0.3 is 5.97 Å². The molecule has 19 heavy (non-hydrogen) atoms. The molecular formula is C14H21NO3S. The van der Waals surface area contributed by atoms with Gasteiger partial charge in [-0.2, -0.15) is 0 Å². The lowest BCUT2D eigenvalue weighted by atomic mass is 10.2. The van der Waals surface area contributed by atoms with Crippen LogP contribution in [0.1, 0.15) is 42.0 Å². The van der Waals surface area contributed by atoms with Gasteiger partial charge < -0.3 is 9.72 Å². The monoisotopic (exact) mass is 283 g/mol. The fraction of sp³-hybridized carbons (Fsp3) is 0.571. The number of hydrogen-bond donors (Lipinski definition) is 1. The zero-order chi connectivity index (χ0) is 14.4. The van der Waals surface area contributed by atoms with Crippen LogP contribution in [0.2, 0.25) is 0 Å². The molecule has 0 radical (unpaired) electrons. The van der Waals surface area contributed by atoms with E-state index in [0.29, 0.717) is 18.8 Å². The van der Waals surface area contributed by atoms with E-state index in [2.05, 4.69) is 4.98 Å². The van der Waals surface area contributed by atoms with Gasteiger partial charge in [0, 0.05) is 22.2 Å². The van der Waals surface area contributed by atoms with Crippen LogP contribution < -0.4 is 0 Å². The van der Waals surface area contributed by atoms with Gasteiger partial charge in [0.05, 0.1) is 18.8 Å². The van der Waals surface area contributed by atoms with Gasteiger partial charge in [0.1, 0.15) is 0 Å². The van der Waals surface area contributed by atoms with Gasteiger partial charge in [-0.05, 0) is 26.8 Å². The minimum Gasteiger partial charge on any atom is -0.466 e. The number of nitrogens with one attached hydrogen (secondary N) is 1. The van der Waals surface area contributed by atoms with E-state index in [9.17, 15) is 9.59 Å². The average Bonchev–Trinajstić information content (AvgIpc) is 2.65. The first-order valence-corrected chi connectivity index (χ1v) is 7.45. The molecule has 0 aromatic carbocycles. The van der Waals surface area contributed by atoms with Crippen molar-refractivity contribution in [3.05, 3.63) is 23.0 Å². The summed E-state index contributed by atoms with van der Waals surface area (Å²) in [6.45, 7) is 7.95. The van der Waals surface area contributed by atoms with Crippen LogP contribution in [-0.4, -0.2) is 34.3 Å². The van der Waals surface area contributed by atoms with E-state index in [1.54, 1.807) is 6.92 Å². The number of hydrogen-bond acceptors (Lipinski definition) is 4. The molecule has 0 bridgehead atoms. The maximum atomic E-state index is 12.0. The first kappa shape index (κ1) is 15.8. The number of H-pyrrole nitrogens is 1. The molecular weight excluding hydrogens is 262 g/mol. The van der Waals surface area contributed by atoms with Crippen LogP contribution in [0.25, 0.3) is 0 Å². The van der Waals surface area contributed by atoms with Gasteiger partial charge in [-0.15, -0.1) is 11.8 Å². The Morgan fingerprint density at radius 2 is 2.11 bits per heavy atom. The zero-order valence-corrected chi connectivity index (χ0v) is 12.7. The third-order valence-electron chi connectivity index (χ3n) is 2.71. The Morgan fingerprint density at radius 3 is 2.63 bits per heavy atom. The summed E-state index contributed by atoms with van der Waals surface area (Å²) in [6.07, 6.45) is 0.344.